The van der Waals surface area contributed by atoms with Crippen molar-refractivity contribution < 1.29 is 14.5 Å². The van der Waals surface area contributed by atoms with Crippen molar-refractivity contribution >= 4 is 29.3 Å². The molecule has 1 aromatic carbocycles. The number of nitrogens with one attached hydrogen (secondary N) is 1. The molecule has 0 bridgehead atoms. The number of thioether (sulfide) groups is 1. The Hall–Kier alpha value is -2.09. The van der Waals surface area contributed by atoms with Crippen LogP contribution in [0.15, 0.2) is 23.1 Å². The molecule has 0 atom stereocenters. The van der Waals surface area contributed by atoms with Gasteiger partial charge in [-0.25, -0.2) is 0 Å². The van der Waals surface area contributed by atoms with Crippen molar-refractivity contribution in [3.05, 3.63) is 33.9 Å². The number of nitrogens with zero attached hydrogens (tertiary/aromatic N) is 2. The molecule has 2 rings (SSSR count). The van der Waals surface area contributed by atoms with Crippen LogP contribution in [0.5, 0.6) is 0 Å². The normalized spacial score (nSPS) is 14.8. The molecular weight excluding hydrogens is 366 g/mol. The van der Waals surface area contributed by atoms with Gasteiger partial charge in [0.1, 0.15) is 5.56 Å². The summed E-state index contributed by atoms with van der Waals surface area (Å²) in [6.07, 6.45) is 6.22. The van der Waals surface area contributed by atoms with Crippen LogP contribution in [0.25, 0.3) is 0 Å². The summed E-state index contributed by atoms with van der Waals surface area (Å²) in [5.74, 6) is -0.379. The largest absolute Gasteiger partial charge is 0.356 e. The van der Waals surface area contributed by atoms with Gasteiger partial charge in [-0.1, -0.05) is 19.8 Å². The molecule has 1 saturated heterocycles. The van der Waals surface area contributed by atoms with E-state index in [4.69, 9.17) is 0 Å². The standard InChI is InChI=1S/C19H27N3O4S/c1-3-4-5-10-20-18(23)14-8-11-21(12-9-14)19(24)16-13-15(27-2)6-7-17(16)22(25)26/h6-7,13-14H,3-5,8-12H2,1-2H3,(H,20,23). The van der Waals surface area contributed by atoms with Gasteiger partial charge in [0.15, 0.2) is 0 Å². The van der Waals surface area contributed by atoms with Gasteiger partial charge in [0.05, 0.1) is 4.92 Å². The van der Waals surface area contributed by atoms with Gasteiger partial charge in [-0.05, 0) is 37.7 Å². The summed E-state index contributed by atoms with van der Waals surface area (Å²) in [5, 5.41) is 14.2. The predicted octanol–water partition coefficient (Wildman–Crippen LogP) is 3.48. The van der Waals surface area contributed by atoms with E-state index in [9.17, 15) is 19.7 Å². The van der Waals surface area contributed by atoms with Crippen LogP contribution in [0.1, 0.15) is 49.4 Å². The SMILES string of the molecule is CCCCCNC(=O)C1CCN(C(=O)c2cc(SC)ccc2[N+](=O)[O-])CC1. The fraction of sp³-hybridized carbons (Fsp3) is 0.579. The van der Waals surface area contributed by atoms with Gasteiger partial charge in [0.2, 0.25) is 5.91 Å². The van der Waals surface area contributed by atoms with E-state index in [1.165, 1.54) is 17.8 Å². The van der Waals surface area contributed by atoms with Crippen LogP contribution in [-0.2, 0) is 4.79 Å². The summed E-state index contributed by atoms with van der Waals surface area (Å²) >= 11 is 1.44. The van der Waals surface area contributed by atoms with Crippen LogP contribution in [0.2, 0.25) is 0 Å². The van der Waals surface area contributed by atoms with Crippen molar-refractivity contribution in [2.45, 2.75) is 43.9 Å². The van der Waals surface area contributed by atoms with Crippen LogP contribution < -0.4 is 5.32 Å². The number of amides is 2. The fourth-order valence-electron chi connectivity index (χ4n) is 3.22. The molecule has 1 aromatic rings. The molecule has 27 heavy (non-hydrogen) atoms. The number of likely N-dealkylation sites (tertiary alicyclic amines) is 1. The summed E-state index contributed by atoms with van der Waals surface area (Å²) in [6.45, 7) is 3.69. The lowest BCUT2D eigenvalue weighted by Gasteiger charge is -2.31. The first-order valence-electron chi connectivity index (χ1n) is 9.37. The molecule has 0 spiro atoms. The first kappa shape index (κ1) is 21.2. The summed E-state index contributed by atoms with van der Waals surface area (Å²) in [5.41, 5.74) is -0.0529. The average molecular weight is 394 g/mol. The van der Waals surface area contributed by atoms with Crippen LogP contribution in [-0.4, -0.2) is 47.5 Å². The molecule has 8 heteroatoms. The van der Waals surface area contributed by atoms with Crippen LogP contribution in [0, 0.1) is 16.0 Å². The number of hydrogen-bond donors (Lipinski definition) is 1. The van der Waals surface area contributed by atoms with Gasteiger partial charge < -0.3 is 10.2 Å². The predicted molar refractivity (Wildman–Crippen MR) is 106 cm³/mol. The third-order valence-corrected chi connectivity index (χ3v) is 5.59. The zero-order valence-electron chi connectivity index (χ0n) is 15.9. The summed E-state index contributed by atoms with van der Waals surface area (Å²) in [7, 11) is 0. The molecule has 148 valence electrons. The molecule has 1 aliphatic rings. The molecule has 0 aromatic heterocycles. The first-order valence-corrected chi connectivity index (χ1v) is 10.6. The fourth-order valence-corrected chi connectivity index (χ4v) is 3.66. The minimum atomic E-state index is -0.520. The Labute approximate surface area is 164 Å². The lowest BCUT2D eigenvalue weighted by molar-refractivity contribution is -0.385. The maximum atomic E-state index is 12.8. The van der Waals surface area contributed by atoms with E-state index in [1.807, 2.05) is 6.26 Å². The third kappa shape index (κ3) is 5.69. The molecule has 0 aliphatic carbocycles. The van der Waals surface area contributed by atoms with Gasteiger partial charge >= 0.3 is 0 Å². The van der Waals surface area contributed by atoms with E-state index >= 15 is 0 Å². The van der Waals surface area contributed by atoms with Crippen LogP contribution in [0.3, 0.4) is 0 Å². The number of nitro groups is 1. The highest BCUT2D eigenvalue weighted by molar-refractivity contribution is 7.98. The molecule has 1 aliphatic heterocycles. The Kier molecular flexibility index (Phi) is 8.09. The highest BCUT2D eigenvalue weighted by atomic mass is 32.2. The third-order valence-electron chi connectivity index (χ3n) is 4.86. The molecule has 1 N–H and O–H groups in total. The van der Waals surface area contributed by atoms with Gasteiger partial charge in [-0.15, -0.1) is 11.8 Å². The van der Waals surface area contributed by atoms with Crippen molar-refractivity contribution in [1.29, 1.82) is 0 Å². The number of benzene rings is 1. The number of carbonyl (C=O) groups is 2. The molecule has 1 heterocycles. The van der Waals surface area contributed by atoms with E-state index in [0.717, 1.165) is 24.2 Å². The topological polar surface area (TPSA) is 92.6 Å². The van der Waals surface area contributed by atoms with E-state index in [-0.39, 0.29) is 29.0 Å². The minimum absolute atomic E-state index is 0.0496. The zero-order chi connectivity index (χ0) is 19.8. The Morgan fingerprint density at radius 3 is 2.59 bits per heavy atom. The number of rotatable bonds is 8. The number of unbranched alkanes of at least 4 members (excludes halogenated alkanes) is 2. The van der Waals surface area contributed by atoms with E-state index in [2.05, 4.69) is 12.2 Å². The molecule has 0 radical (unpaired) electrons. The Bertz CT molecular complexity index is 688. The van der Waals surface area contributed by atoms with Crippen molar-refractivity contribution in [2.24, 2.45) is 5.92 Å². The molecule has 1 fully saturated rings. The van der Waals surface area contributed by atoms with E-state index < -0.39 is 4.92 Å². The minimum Gasteiger partial charge on any atom is -0.356 e. The second kappa shape index (κ2) is 10.3. The number of carbonyl (C=O) groups excluding carboxylic acids is 2. The Balaban J connectivity index is 1.97. The van der Waals surface area contributed by atoms with Crippen molar-refractivity contribution in [3.63, 3.8) is 0 Å². The number of hydrogen-bond acceptors (Lipinski definition) is 5. The maximum absolute atomic E-state index is 12.8. The average Bonchev–Trinajstić information content (AvgIpc) is 2.70. The van der Waals surface area contributed by atoms with Crippen molar-refractivity contribution in [1.82, 2.24) is 10.2 Å². The van der Waals surface area contributed by atoms with Crippen LogP contribution >= 0.6 is 11.8 Å². The summed E-state index contributed by atoms with van der Waals surface area (Å²) in [6, 6.07) is 4.61. The molecule has 0 unspecified atom stereocenters. The summed E-state index contributed by atoms with van der Waals surface area (Å²) in [4.78, 5) is 38.2. The van der Waals surface area contributed by atoms with Crippen molar-refractivity contribution in [3.8, 4) is 0 Å². The van der Waals surface area contributed by atoms with Gasteiger partial charge in [0.25, 0.3) is 11.6 Å². The monoisotopic (exact) mass is 393 g/mol. The number of piperidine rings is 1. The Morgan fingerprint density at radius 1 is 1.30 bits per heavy atom. The quantitative estimate of drug-likeness (QED) is 0.316. The number of nitro benzene ring substituents is 1. The second-order valence-corrected chi connectivity index (χ2v) is 7.58. The van der Waals surface area contributed by atoms with E-state index in [0.29, 0.717) is 32.5 Å². The Morgan fingerprint density at radius 2 is 2.00 bits per heavy atom. The van der Waals surface area contributed by atoms with Crippen LogP contribution in [0.4, 0.5) is 5.69 Å². The maximum Gasteiger partial charge on any atom is 0.282 e. The molecule has 2 amide bonds. The molecule has 0 saturated carbocycles. The lowest BCUT2D eigenvalue weighted by atomic mass is 9.95. The molecule has 7 nitrogen and oxygen atoms in total. The first-order chi connectivity index (χ1) is 13.0. The van der Waals surface area contributed by atoms with Gasteiger partial charge in [-0.2, -0.15) is 0 Å². The summed E-state index contributed by atoms with van der Waals surface area (Å²) < 4.78 is 0. The van der Waals surface area contributed by atoms with Gasteiger partial charge in [0, 0.05) is 36.5 Å². The van der Waals surface area contributed by atoms with Gasteiger partial charge in [-0.3, -0.25) is 19.7 Å². The second-order valence-electron chi connectivity index (χ2n) is 6.70. The molecular formula is C19H27N3O4S. The zero-order valence-corrected chi connectivity index (χ0v) is 16.7. The highest BCUT2D eigenvalue weighted by Gasteiger charge is 2.30. The smallest absolute Gasteiger partial charge is 0.282 e. The van der Waals surface area contributed by atoms with Crippen molar-refractivity contribution in [2.75, 3.05) is 25.9 Å². The lowest BCUT2D eigenvalue weighted by Crippen LogP contribution is -2.43. The van der Waals surface area contributed by atoms with E-state index in [1.54, 1.807) is 17.0 Å². The highest BCUT2D eigenvalue weighted by Crippen LogP contribution is 2.27.